The van der Waals surface area contributed by atoms with E-state index in [1.165, 1.54) is 139 Å². The van der Waals surface area contributed by atoms with E-state index in [2.05, 4.69) is 108 Å². The molecule has 3 atom stereocenters. The number of benzene rings is 9. The average molecular weight is 2030 g/mol. The van der Waals surface area contributed by atoms with Crippen LogP contribution in [-0.4, -0.2) is 193 Å². The highest BCUT2D eigenvalue weighted by molar-refractivity contribution is 6.36. The largest absolute Gasteiger partial charge is 0.365 e. The lowest BCUT2D eigenvalue weighted by Gasteiger charge is -2.43. The molecule has 9 aromatic carbocycles. The third-order valence-electron chi connectivity index (χ3n) is 31.4. The molecule has 22 rings (SSSR count). The molecular weight excluding hydrogens is 1880 g/mol. The minimum atomic E-state index is -0.345. The van der Waals surface area contributed by atoms with Crippen LogP contribution in [0.1, 0.15) is 197 Å². The summed E-state index contributed by atoms with van der Waals surface area (Å²) in [4.78, 5) is 195. The number of morpholine rings is 1. The van der Waals surface area contributed by atoms with Crippen LogP contribution in [0.15, 0.2) is 214 Å². The first-order valence-electron chi connectivity index (χ1n) is 51.4. The fraction of sp³-hybridized carbons (Fsp3) is 0.421. The Morgan fingerprint density at radius 2 is 0.631 bits per heavy atom. The minimum absolute atomic E-state index is 0.00713. The molecule has 0 bridgehead atoms. The van der Waals surface area contributed by atoms with E-state index in [4.69, 9.17) is 4.74 Å². The molecule has 12 amide bonds. The van der Waals surface area contributed by atoms with Gasteiger partial charge in [-0.3, -0.25) is 101 Å². The van der Waals surface area contributed by atoms with Crippen molar-refractivity contribution >= 4 is 181 Å². The Labute approximate surface area is 870 Å². The molecule has 2 spiro atoms. The van der Waals surface area contributed by atoms with E-state index in [0.29, 0.717) is 79.6 Å². The van der Waals surface area contributed by atoms with Crippen LogP contribution in [0.2, 0.25) is 0 Å². The smallest absolute Gasteiger partial charge is 0.261 e. The number of ether oxygens (including phenoxy) is 1. The molecule has 10 fully saturated rings. The molecule has 12 aromatic rings. The van der Waals surface area contributed by atoms with Crippen molar-refractivity contribution in [1.82, 2.24) is 52.9 Å². The average Bonchev–Trinajstić information content (AvgIpc) is 0.798. The lowest BCUT2D eigenvalue weighted by Crippen LogP contribution is -2.46. The van der Waals surface area contributed by atoms with Gasteiger partial charge in [-0.25, -0.2) is 0 Å². The van der Waals surface area contributed by atoms with E-state index in [-0.39, 0.29) is 134 Å². The standard InChI is InChI=1S/C24H15NO.C15H11NO2.C14H11NO.C12H19NO.C11H17NO.C9H15NO.2C8H13NO2.2C7H11NO2.C6H9NO2/c1-13-15-9-10-18-16-7-3-5-14-6-4-8-17(21(14)16)19-11-12-20(22(15)23(18)19)24(26)25(13)2;1-16-14(17)12-8-4-2-6-10(12)11-7-3-5-9-13(11)15(16)18;1-9-11-7-3-5-10-6-4-8-12(13(10)11)14(16)15(9)2;1-10-8-12(6-4-3-5-7-12)9-11(14)13(10)2;1-9-7-11(5-3-4-6-11)8-10(13)12(9)2;1-7-5-9(2,3)6-8(11)10(7)4;1-8(2)5-4-6(10)9(3)7(8)11;1-5-4-6(2)8(11)9(3)7(5)10;1-5-3-6(9)8(2)7(10)4-5;1-5-3-4-6(9)8(2)7(5)10;1-5-3-9-4-6(8)7(5)2/h3-12H,1H2,2H3;2-9H,1H3;3-8H,1H2,2H3;1,3-9H2,2H3;1,3-8H2,2H3;1,5-6H2,2-4H3;4-5H2,1-3H3;5-6H,4H2,1-3H3;2*5H,3-4H2,1-2H3;1,3-4H2,2H3. The number of hydrogen-bond acceptors (Lipinski definition) is 17. The predicted molar refractivity (Wildman–Crippen MR) is 592 cm³/mol. The molecule has 3 unspecified atom stereocenters. The second kappa shape index (κ2) is 46.9. The van der Waals surface area contributed by atoms with Crippen molar-refractivity contribution in [3.05, 3.63) is 247 Å². The fourth-order valence-electron chi connectivity index (χ4n) is 21.7. The Hall–Kier alpha value is -14.5. The maximum absolute atomic E-state index is 12.8. The van der Waals surface area contributed by atoms with E-state index >= 15 is 0 Å². The minimum Gasteiger partial charge on any atom is -0.365 e. The van der Waals surface area contributed by atoms with Crippen molar-refractivity contribution < 1.29 is 62.3 Å². The van der Waals surface area contributed by atoms with Gasteiger partial charge < -0.3 is 33.5 Å². The van der Waals surface area contributed by atoms with Gasteiger partial charge in [-0.15, -0.1) is 0 Å². The van der Waals surface area contributed by atoms with Gasteiger partial charge in [0.2, 0.25) is 65.0 Å². The van der Waals surface area contributed by atoms with Crippen LogP contribution in [0, 0.1) is 45.3 Å². The highest BCUT2D eigenvalue weighted by atomic mass is 16.5. The van der Waals surface area contributed by atoms with E-state index < -0.39 is 0 Å². The van der Waals surface area contributed by atoms with Gasteiger partial charge in [-0.2, -0.15) is 0 Å². The summed E-state index contributed by atoms with van der Waals surface area (Å²) in [5.74, 6) is 0.550. The Bertz CT molecular complexity index is 7360. The van der Waals surface area contributed by atoms with Gasteiger partial charge >= 0.3 is 0 Å². The number of pyridine rings is 2. The maximum atomic E-state index is 12.8. The number of imide groups is 4. The van der Waals surface area contributed by atoms with Gasteiger partial charge in [-0.1, -0.05) is 248 Å². The number of allylic oxidation sites excluding steroid dienone is 3. The van der Waals surface area contributed by atoms with Crippen molar-refractivity contribution in [3.63, 3.8) is 0 Å². The summed E-state index contributed by atoms with van der Waals surface area (Å²) in [6.45, 7) is 39.7. The van der Waals surface area contributed by atoms with Crippen LogP contribution >= 0.6 is 0 Å². The summed E-state index contributed by atoms with van der Waals surface area (Å²) in [5.41, 5.74) is 3.58. The SMILES string of the molecule is C=C1CC(C)(C)CC(=O)N1C.C=C1CC2(CCCC2)CC(=O)N1C.C=C1CC2(CCCCC2)CC(=O)N1C.C=C1COCC(=O)N1C.C=c1c2ccc3c4cccc5cccc(c6ccc(c(=O)n1C)c2c36)c54.C=c1c2cccc3cccc(c(=O)n1C)c32.CC1CC(=O)N(C)C(=O)C1.CC1CC(C)C(=O)N(C)C1=O.CC1CCC(=O)N(C)C1=O.CN1C(=O)CCC(C)(C)C1=O.Cn1c(=O)c2ccccc2c2ccccc2c1=O. The number of carbonyl (C=O) groups excluding carboxylic acids is 12. The third-order valence-corrected chi connectivity index (χ3v) is 31.4. The van der Waals surface area contributed by atoms with Gasteiger partial charge in [-0.05, 0) is 164 Å². The predicted octanol–water partition coefficient (Wildman–Crippen LogP) is 17.6. The van der Waals surface area contributed by atoms with Crippen LogP contribution in [0.25, 0.3) is 110 Å². The first-order valence-corrected chi connectivity index (χ1v) is 51.4. The Balaban J connectivity index is 0.000000148. The number of rotatable bonds is 0. The van der Waals surface area contributed by atoms with Gasteiger partial charge in [0.15, 0.2) is 0 Å². The Morgan fingerprint density at radius 3 is 1.06 bits per heavy atom. The molecule has 11 heterocycles. The molecule has 28 heteroatoms. The van der Waals surface area contributed by atoms with E-state index in [9.17, 15) is 76.7 Å². The van der Waals surface area contributed by atoms with Gasteiger partial charge in [0.1, 0.15) is 6.61 Å². The van der Waals surface area contributed by atoms with Crippen LogP contribution in [0.3, 0.4) is 0 Å². The zero-order valence-corrected chi connectivity index (χ0v) is 90.2. The molecule has 2 saturated carbocycles. The number of piperidine rings is 7. The molecule has 28 nitrogen and oxygen atoms in total. The summed E-state index contributed by atoms with van der Waals surface area (Å²) >= 11 is 0. The number of carbonyl (C=O) groups is 12. The van der Waals surface area contributed by atoms with Crippen LogP contribution < -0.4 is 32.9 Å². The number of hydrogen-bond donors (Lipinski definition) is 0. The molecule has 2 aliphatic carbocycles. The number of nitrogens with zero attached hydrogens (tertiary/aromatic N) is 11. The molecule has 786 valence electrons. The summed E-state index contributed by atoms with van der Waals surface area (Å²) in [6, 6.07) is 47.8. The van der Waals surface area contributed by atoms with Crippen LogP contribution in [0.4, 0.5) is 0 Å². The molecule has 0 N–H and O–H groups in total. The highest BCUT2D eigenvalue weighted by Gasteiger charge is 2.44. The number of fused-ring (bicyclic) bond motifs is 5. The van der Waals surface area contributed by atoms with Gasteiger partial charge in [0, 0.05) is 222 Å². The summed E-state index contributed by atoms with van der Waals surface area (Å²) in [7, 11) is 18.4. The van der Waals surface area contributed by atoms with Gasteiger partial charge in [0.25, 0.3) is 28.1 Å². The quantitative estimate of drug-likeness (QED) is 0.0773. The van der Waals surface area contributed by atoms with Crippen LogP contribution in [0.5, 0.6) is 0 Å². The molecular formula is C121H145N11O17. The second-order valence-electron chi connectivity index (χ2n) is 43.4. The van der Waals surface area contributed by atoms with E-state index in [1.54, 1.807) is 85.3 Å². The maximum Gasteiger partial charge on any atom is 0.261 e. The van der Waals surface area contributed by atoms with Crippen molar-refractivity contribution in [3.8, 4) is 0 Å². The molecule has 0 radical (unpaired) electrons. The zero-order valence-electron chi connectivity index (χ0n) is 90.2. The lowest BCUT2D eigenvalue weighted by atomic mass is 9.67. The number of likely N-dealkylation sites (N-methyl/N-ethyl adjacent to an activating group) is 1. The fourth-order valence-corrected chi connectivity index (χ4v) is 21.7. The third kappa shape index (κ3) is 24.7. The normalized spacial score (nSPS) is 20.2. The molecule has 8 aliphatic heterocycles. The molecule has 8 saturated heterocycles. The summed E-state index contributed by atoms with van der Waals surface area (Å²) in [6.07, 6.45) is 20.7. The zero-order chi connectivity index (χ0) is 109. The molecule has 149 heavy (non-hydrogen) atoms. The van der Waals surface area contributed by atoms with Crippen molar-refractivity contribution in [1.29, 1.82) is 0 Å². The van der Waals surface area contributed by atoms with Crippen molar-refractivity contribution in [2.75, 3.05) is 69.6 Å². The summed E-state index contributed by atoms with van der Waals surface area (Å²) in [5, 5.41) is 19.7. The number of likely N-dealkylation sites (tertiary alicyclic amines) is 7. The van der Waals surface area contributed by atoms with E-state index in [1.807, 2.05) is 135 Å². The Kier molecular flexibility index (Phi) is 35.6. The van der Waals surface area contributed by atoms with Crippen molar-refractivity contribution in [2.24, 2.45) is 66.5 Å². The highest BCUT2D eigenvalue weighted by Crippen LogP contribution is 2.50. The second-order valence-corrected chi connectivity index (χ2v) is 43.4. The van der Waals surface area contributed by atoms with E-state index in [0.717, 1.165) is 114 Å². The first-order chi connectivity index (χ1) is 70.2. The van der Waals surface area contributed by atoms with Crippen molar-refractivity contribution in [2.45, 2.75) is 197 Å². The number of aromatic nitrogens is 3. The lowest BCUT2D eigenvalue weighted by molar-refractivity contribution is -0.155. The molecule has 3 aromatic heterocycles. The van der Waals surface area contributed by atoms with Crippen LogP contribution in [-0.2, 0) is 83.4 Å². The van der Waals surface area contributed by atoms with Gasteiger partial charge in [0.05, 0.1) is 6.61 Å². The first kappa shape index (κ1) is 113. The monoisotopic (exact) mass is 2020 g/mol. The molecule has 10 aliphatic rings. The Morgan fingerprint density at radius 1 is 0.282 bits per heavy atom. The topological polar surface area (TPSA) is 323 Å². The summed E-state index contributed by atoms with van der Waals surface area (Å²) < 4.78 is 9.30. The number of amides is 12.